The van der Waals surface area contributed by atoms with E-state index in [4.69, 9.17) is 14.7 Å². The highest BCUT2D eigenvalue weighted by atomic mass is 16.7. The molecule has 1 aliphatic heterocycles. The summed E-state index contributed by atoms with van der Waals surface area (Å²) in [6, 6.07) is 0. The van der Waals surface area contributed by atoms with Crippen LogP contribution in [0.4, 0.5) is 0 Å². The van der Waals surface area contributed by atoms with Crippen molar-refractivity contribution in [3.8, 4) is 0 Å². The van der Waals surface area contributed by atoms with Crippen LogP contribution in [0.15, 0.2) is 5.16 Å². The quantitative estimate of drug-likeness (QED) is 0.683. The molecule has 78 valence electrons. The number of hydrogen-bond donors (Lipinski definition) is 1. The highest BCUT2D eigenvalue weighted by Crippen LogP contribution is 2.43. The molecular weight excluding hydrogens is 186 g/mol. The van der Waals surface area contributed by atoms with Crippen molar-refractivity contribution in [2.75, 3.05) is 7.11 Å². The molecule has 2 rings (SSSR count). The molecular formula is C9H13NO4. The number of nitrogens with zero attached hydrogens (tertiary/aromatic N) is 1. The number of oxime groups is 1. The van der Waals surface area contributed by atoms with Gasteiger partial charge in [0.2, 0.25) is 5.90 Å². The van der Waals surface area contributed by atoms with Gasteiger partial charge in [0.25, 0.3) is 0 Å². The third-order valence-electron chi connectivity index (χ3n) is 2.97. The Labute approximate surface area is 81.7 Å². The van der Waals surface area contributed by atoms with Crippen molar-refractivity contribution in [3.63, 3.8) is 0 Å². The number of methoxy groups -OCH3 is 1. The smallest absolute Gasteiger partial charge is 0.306 e. The molecule has 0 saturated heterocycles. The lowest BCUT2D eigenvalue weighted by Crippen LogP contribution is -2.26. The number of carboxylic acid groups (broad SMARTS) is 1. The lowest BCUT2D eigenvalue weighted by Gasteiger charge is -2.19. The predicted molar refractivity (Wildman–Crippen MR) is 47.9 cm³/mol. The summed E-state index contributed by atoms with van der Waals surface area (Å²) in [5, 5.41) is 12.6. The molecule has 1 saturated carbocycles. The van der Waals surface area contributed by atoms with Crippen molar-refractivity contribution < 1.29 is 19.5 Å². The normalized spacial score (nSPS) is 35.5. The van der Waals surface area contributed by atoms with E-state index < -0.39 is 11.6 Å². The summed E-state index contributed by atoms with van der Waals surface area (Å²) in [6.07, 6.45) is 2.56. The average Bonchev–Trinajstić information content (AvgIpc) is 2.74. The van der Waals surface area contributed by atoms with Gasteiger partial charge in [0.15, 0.2) is 0 Å². The van der Waals surface area contributed by atoms with E-state index in [9.17, 15) is 4.79 Å². The van der Waals surface area contributed by atoms with Crippen molar-refractivity contribution in [1.82, 2.24) is 0 Å². The summed E-state index contributed by atoms with van der Waals surface area (Å²) in [5.41, 5.74) is -0.394. The monoisotopic (exact) mass is 199 g/mol. The van der Waals surface area contributed by atoms with Gasteiger partial charge in [0.1, 0.15) is 5.60 Å². The van der Waals surface area contributed by atoms with Crippen molar-refractivity contribution in [2.45, 2.75) is 31.3 Å². The van der Waals surface area contributed by atoms with E-state index in [0.717, 1.165) is 6.42 Å². The van der Waals surface area contributed by atoms with Gasteiger partial charge in [0, 0.05) is 6.42 Å². The SMILES string of the molecule is COC1=NOC2(CCC(C(=O)O)C2)C1. The summed E-state index contributed by atoms with van der Waals surface area (Å²) in [5.74, 6) is -0.464. The molecule has 2 aliphatic rings. The van der Waals surface area contributed by atoms with Gasteiger partial charge in [-0.05, 0) is 12.8 Å². The first-order chi connectivity index (χ1) is 6.65. The molecule has 0 aromatic heterocycles. The van der Waals surface area contributed by atoms with Gasteiger partial charge in [-0.1, -0.05) is 5.16 Å². The van der Waals surface area contributed by atoms with Gasteiger partial charge < -0.3 is 14.7 Å². The second kappa shape index (κ2) is 3.15. The van der Waals surface area contributed by atoms with Crippen molar-refractivity contribution in [3.05, 3.63) is 0 Å². The van der Waals surface area contributed by atoms with Gasteiger partial charge in [0.05, 0.1) is 19.4 Å². The van der Waals surface area contributed by atoms with Crippen LogP contribution in [0.25, 0.3) is 0 Å². The van der Waals surface area contributed by atoms with E-state index in [0.29, 0.717) is 25.2 Å². The largest absolute Gasteiger partial charge is 0.482 e. The Hall–Kier alpha value is -1.26. The van der Waals surface area contributed by atoms with E-state index in [1.807, 2.05) is 0 Å². The second-order valence-electron chi connectivity index (χ2n) is 3.92. The Kier molecular flexibility index (Phi) is 2.09. The molecule has 1 aliphatic carbocycles. The van der Waals surface area contributed by atoms with Crippen LogP contribution in [0, 0.1) is 5.92 Å². The highest BCUT2D eigenvalue weighted by Gasteiger charge is 2.48. The lowest BCUT2D eigenvalue weighted by molar-refractivity contribution is -0.142. The Balaban J connectivity index is 1.99. The molecule has 0 bridgehead atoms. The maximum atomic E-state index is 10.8. The number of carbonyl (C=O) groups is 1. The maximum Gasteiger partial charge on any atom is 0.306 e. The molecule has 0 aromatic carbocycles. The first-order valence-electron chi connectivity index (χ1n) is 4.67. The van der Waals surface area contributed by atoms with Gasteiger partial charge >= 0.3 is 5.97 Å². The van der Waals surface area contributed by atoms with E-state index >= 15 is 0 Å². The zero-order valence-electron chi connectivity index (χ0n) is 8.02. The van der Waals surface area contributed by atoms with E-state index in [2.05, 4.69) is 5.16 Å². The van der Waals surface area contributed by atoms with Crippen LogP contribution in [0.5, 0.6) is 0 Å². The fourth-order valence-corrected chi connectivity index (χ4v) is 2.14. The standard InChI is InChI=1S/C9H13NO4/c1-13-7-5-9(14-10-7)3-2-6(4-9)8(11)12/h6H,2-5H2,1H3,(H,11,12). The molecule has 0 radical (unpaired) electrons. The van der Waals surface area contributed by atoms with E-state index in [1.165, 1.54) is 0 Å². The van der Waals surface area contributed by atoms with Crippen molar-refractivity contribution >= 4 is 11.9 Å². The number of rotatable bonds is 1. The van der Waals surface area contributed by atoms with Crippen molar-refractivity contribution in [1.29, 1.82) is 0 Å². The zero-order valence-corrected chi connectivity index (χ0v) is 8.02. The van der Waals surface area contributed by atoms with Gasteiger partial charge in [-0.15, -0.1) is 0 Å². The van der Waals surface area contributed by atoms with Crippen LogP contribution in [0.1, 0.15) is 25.7 Å². The Bertz CT molecular complexity index is 289. The minimum Gasteiger partial charge on any atom is -0.482 e. The van der Waals surface area contributed by atoms with Gasteiger partial charge in [-0.25, -0.2) is 0 Å². The van der Waals surface area contributed by atoms with E-state index in [1.54, 1.807) is 7.11 Å². The fourth-order valence-electron chi connectivity index (χ4n) is 2.14. The van der Waals surface area contributed by atoms with Crippen LogP contribution in [-0.2, 0) is 14.4 Å². The summed E-state index contributed by atoms with van der Waals surface area (Å²) < 4.78 is 4.97. The Morgan fingerprint density at radius 1 is 1.79 bits per heavy atom. The molecule has 14 heavy (non-hydrogen) atoms. The fraction of sp³-hybridized carbons (Fsp3) is 0.778. The molecule has 2 atom stereocenters. The number of carboxylic acids is 1. The molecule has 1 fully saturated rings. The first kappa shape index (κ1) is 9.30. The van der Waals surface area contributed by atoms with Crippen molar-refractivity contribution in [2.24, 2.45) is 11.1 Å². The molecule has 1 N–H and O–H groups in total. The minimum atomic E-state index is -0.739. The molecule has 5 heteroatoms. The number of ether oxygens (including phenoxy) is 1. The summed E-state index contributed by atoms with van der Waals surface area (Å²) in [4.78, 5) is 16.1. The highest BCUT2D eigenvalue weighted by molar-refractivity contribution is 5.78. The molecule has 5 nitrogen and oxygen atoms in total. The second-order valence-corrected chi connectivity index (χ2v) is 3.92. The molecule has 1 heterocycles. The molecule has 2 unspecified atom stereocenters. The topological polar surface area (TPSA) is 68.1 Å². The minimum absolute atomic E-state index is 0.290. The summed E-state index contributed by atoms with van der Waals surface area (Å²) in [7, 11) is 1.55. The molecule has 1 spiro atoms. The Morgan fingerprint density at radius 3 is 3.07 bits per heavy atom. The Morgan fingerprint density at radius 2 is 2.57 bits per heavy atom. The summed E-state index contributed by atoms with van der Waals surface area (Å²) in [6.45, 7) is 0. The first-order valence-corrected chi connectivity index (χ1v) is 4.67. The number of aliphatic carboxylic acids is 1. The average molecular weight is 199 g/mol. The third-order valence-corrected chi connectivity index (χ3v) is 2.97. The predicted octanol–water partition coefficient (Wildman–Crippen LogP) is 0.990. The third kappa shape index (κ3) is 1.42. The van der Waals surface area contributed by atoms with Gasteiger partial charge in [-0.2, -0.15) is 0 Å². The van der Waals surface area contributed by atoms with Crippen LogP contribution < -0.4 is 0 Å². The van der Waals surface area contributed by atoms with Gasteiger partial charge in [-0.3, -0.25) is 4.79 Å². The molecule has 0 amide bonds. The van der Waals surface area contributed by atoms with E-state index in [-0.39, 0.29) is 5.92 Å². The molecule has 0 aromatic rings. The van der Waals surface area contributed by atoms with Crippen LogP contribution >= 0.6 is 0 Å². The maximum absolute atomic E-state index is 10.8. The summed E-state index contributed by atoms with van der Waals surface area (Å²) >= 11 is 0. The van der Waals surface area contributed by atoms with Crippen LogP contribution in [0.2, 0.25) is 0 Å². The zero-order chi connectivity index (χ0) is 10.2. The van der Waals surface area contributed by atoms with Crippen LogP contribution in [-0.4, -0.2) is 29.7 Å². The van der Waals surface area contributed by atoms with Crippen LogP contribution in [0.3, 0.4) is 0 Å². The lowest BCUT2D eigenvalue weighted by atomic mass is 9.97. The number of hydrogen-bond acceptors (Lipinski definition) is 4.